The van der Waals surface area contributed by atoms with E-state index in [-0.39, 0.29) is 11.3 Å². The molecule has 2 fully saturated rings. The van der Waals surface area contributed by atoms with E-state index in [1.165, 1.54) is 17.7 Å². The normalized spacial score (nSPS) is 19.4. The average molecular weight is 521 g/mol. The molecule has 4 rings (SSSR count). The molecule has 1 aromatic carbocycles. The predicted molar refractivity (Wildman–Crippen MR) is 141 cm³/mol. The molecular formula is C29H39F3N2O3. The minimum absolute atomic E-state index is 0.0590. The van der Waals surface area contributed by atoms with Gasteiger partial charge >= 0.3 is 6.18 Å². The van der Waals surface area contributed by atoms with E-state index in [2.05, 4.69) is 11.8 Å². The van der Waals surface area contributed by atoms with E-state index in [0.717, 1.165) is 70.8 Å². The summed E-state index contributed by atoms with van der Waals surface area (Å²) in [7, 11) is 1.00. The van der Waals surface area contributed by atoms with Crippen molar-refractivity contribution < 1.29 is 23.0 Å². The van der Waals surface area contributed by atoms with Crippen molar-refractivity contribution in [3.05, 3.63) is 70.3 Å². The lowest BCUT2D eigenvalue weighted by Crippen LogP contribution is -2.33. The summed E-state index contributed by atoms with van der Waals surface area (Å²) in [6.07, 6.45) is 6.35. The van der Waals surface area contributed by atoms with Crippen LogP contribution in [0.1, 0.15) is 58.3 Å². The summed E-state index contributed by atoms with van der Waals surface area (Å²) in [4.78, 5) is 14.5. The second-order valence-corrected chi connectivity index (χ2v) is 9.80. The second kappa shape index (κ2) is 13.7. The number of hydrogen-bond donors (Lipinski definition) is 1. The number of benzene rings is 1. The van der Waals surface area contributed by atoms with E-state index >= 15 is 0 Å². The van der Waals surface area contributed by atoms with Crippen LogP contribution in [0.2, 0.25) is 0 Å². The van der Waals surface area contributed by atoms with E-state index in [9.17, 15) is 18.0 Å². The molecule has 2 aromatic rings. The number of aliphatic hydroxyl groups excluding tert-OH is 1. The number of nitrogens with zero attached hydrogens (tertiary/aromatic N) is 2. The lowest BCUT2D eigenvalue weighted by molar-refractivity contribution is -0.153. The molecule has 5 nitrogen and oxygen atoms in total. The van der Waals surface area contributed by atoms with Gasteiger partial charge in [-0.1, -0.05) is 18.6 Å². The maximum atomic E-state index is 12.5. The third-order valence-electron chi connectivity index (χ3n) is 7.20. The highest BCUT2D eigenvalue weighted by molar-refractivity contribution is 5.55. The number of ether oxygens (including phenoxy) is 1. The van der Waals surface area contributed by atoms with E-state index in [1.54, 1.807) is 24.3 Å². The van der Waals surface area contributed by atoms with Crippen molar-refractivity contribution in [3.63, 3.8) is 0 Å². The largest absolute Gasteiger partial charge is 0.484 e. The van der Waals surface area contributed by atoms with Crippen LogP contribution in [0.15, 0.2) is 64.7 Å². The van der Waals surface area contributed by atoms with Crippen molar-refractivity contribution in [1.29, 1.82) is 0 Å². The average Bonchev–Trinajstić information content (AvgIpc) is 2.87. The first-order valence-electron chi connectivity index (χ1n) is 13.2. The minimum Gasteiger partial charge on any atom is -0.484 e. The third-order valence-corrected chi connectivity index (χ3v) is 7.20. The lowest BCUT2D eigenvalue weighted by atomic mass is 9.76. The van der Waals surface area contributed by atoms with Gasteiger partial charge in [-0.3, -0.25) is 4.79 Å². The standard InChI is InChI=1S/C28H35F3N2O2.CH4O/c1-2-17-33(24-13-15-25(16-14-24)35-20-28(29,30)31)27(22-6-5-7-22)23-11-9-21(10-12-23)19-32-18-4-3-8-26(32)34;1-2/h3-4,8,13-16,18,21,23H,2,5-7,9-12,17,19-20H2,1H3;2H,1H3. The molecule has 204 valence electrons. The summed E-state index contributed by atoms with van der Waals surface area (Å²) in [5, 5.41) is 7.00. The second-order valence-electron chi connectivity index (χ2n) is 9.80. The van der Waals surface area contributed by atoms with Crippen molar-refractivity contribution in [2.45, 2.75) is 71.0 Å². The van der Waals surface area contributed by atoms with Gasteiger partial charge in [0, 0.05) is 43.8 Å². The Bertz CT molecular complexity index is 1050. The van der Waals surface area contributed by atoms with Crippen molar-refractivity contribution >= 4 is 5.69 Å². The molecule has 1 N–H and O–H groups in total. The van der Waals surface area contributed by atoms with Gasteiger partial charge < -0.3 is 19.3 Å². The fraction of sp³-hybridized carbons (Fsp3) is 0.552. The van der Waals surface area contributed by atoms with Crippen molar-refractivity contribution in [2.75, 3.05) is 25.2 Å². The van der Waals surface area contributed by atoms with Crippen molar-refractivity contribution in [1.82, 2.24) is 4.57 Å². The van der Waals surface area contributed by atoms with Gasteiger partial charge in [-0.05, 0) is 93.5 Å². The maximum Gasteiger partial charge on any atom is 0.422 e. The zero-order valence-electron chi connectivity index (χ0n) is 21.8. The third kappa shape index (κ3) is 8.12. The van der Waals surface area contributed by atoms with E-state index in [1.807, 2.05) is 29.0 Å². The SMILES string of the molecule is CCCN(C(=C1CCC1)C1CCC(Cn2ccccc2=O)CC1)c1ccc(OCC(F)(F)F)cc1.CO. The van der Waals surface area contributed by atoms with Gasteiger partial charge in [0.05, 0.1) is 0 Å². The summed E-state index contributed by atoms with van der Waals surface area (Å²) in [5.41, 5.74) is 4.03. The quantitative estimate of drug-likeness (QED) is 0.407. The van der Waals surface area contributed by atoms with Gasteiger partial charge in [0.1, 0.15) is 5.75 Å². The number of rotatable bonds is 9. The first kappa shape index (κ1) is 28.8. The summed E-state index contributed by atoms with van der Waals surface area (Å²) in [5.74, 6) is 1.21. The molecule has 0 bridgehead atoms. The Morgan fingerprint density at radius 1 is 1.05 bits per heavy atom. The first-order chi connectivity index (χ1) is 17.8. The number of aliphatic hydroxyl groups is 1. The Morgan fingerprint density at radius 3 is 2.27 bits per heavy atom. The molecule has 2 saturated carbocycles. The van der Waals surface area contributed by atoms with Crippen LogP contribution in [-0.4, -0.2) is 36.1 Å². The summed E-state index contributed by atoms with van der Waals surface area (Å²) in [6.45, 7) is 2.53. The predicted octanol–water partition coefficient (Wildman–Crippen LogP) is 6.56. The highest BCUT2D eigenvalue weighted by Gasteiger charge is 2.31. The van der Waals surface area contributed by atoms with Gasteiger partial charge in [-0.15, -0.1) is 0 Å². The van der Waals surface area contributed by atoms with Crippen LogP contribution in [0, 0.1) is 11.8 Å². The zero-order valence-corrected chi connectivity index (χ0v) is 21.8. The molecule has 0 radical (unpaired) electrons. The van der Waals surface area contributed by atoms with E-state index in [0.29, 0.717) is 11.8 Å². The molecule has 0 amide bonds. The van der Waals surface area contributed by atoms with Crippen LogP contribution in [0.4, 0.5) is 18.9 Å². The Hall–Kier alpha value is -2.74. The number of aromatic nitrogens is 1. The van der Waals surface area contributed by atoms with Crippen LogP contribution in [0.3, 0.4) is 0 Å². The number of allylic oxidation sites excluding steroid dienone is 2. The lowest BCUT2D eigenvalue weighted by Gasteiger charge is -2.40. The number of hydrogen-bond acceptors (Lipinski definition) is 4. The van der Waals surface area contributed by atoms with Gasteiger partial charge in [-0.25, -0.2) is 0 Å². The molecule has 0 saturated heterocycles. The molecule has 2 aliphatic rings. The molecule has 1 aromatic heterocycles. The smallest absolute Gasteiger partial charge is 0.422 e. The summed E-state index contributed by atoms with van der Waals surface area (Å²) < 4.78 is 44.3. The van der Waals surface area contributed by atoms with Gasteiger partial charge in [0.2, 0.25) is 0 Å². The molecule has 0 aliphatic heterocycles. The van der Waals surface area contributed by atoms with Crippen LogP contribution in [0.25, 0.3) is 0 Å². The molecule has 37 heavy (non-hydrogen) atoms. The topological polar surface area (TPSA) is 54.7 Å². The zero-order chi connectivity index (χ0) is 26.8. The molecular weight excluding hydrogens is 481 g/mol. The van der Waals surface area contributed by atoms with Gasteiger partial charge in [0.15, 0.2) is 6.61 Å². The molecule has 2 aliphatic carbocycles. The summed E-state index contributed by atoms with van der Waals surface area (Å²) >= 11 is 0. The highest BCUT2D eigenvalue weighted by Crippen LogP contribution is 2.43. The van der Waals surface area contributed by atoms with Crippen molar-refractivity contribution in [3.8, 4) is 5.75 Å². The van der Waals surface area contributed by atoms with Crippen LogP contribution in [0.5, 0.6) is 5.75 Å². The van der Waals surface area contributed by atoms with Crippen LogP contribution >= 0.6 is 0 Å². The molecule has 1 heterocycles. The fourth-order valence-electron chi connectivity index (χ4n) is 5.32. The molecule has 0 unspecified atom stereocenters. The van der Waals surface area contributed by atoms with E-state index in [4.69, 9.17) is 9.84 Å². The molecule has 8 heteroatoms. The van der Waals surface area contributed by atoms with Gasteiger partial charge in [-0.2, -0.15) is 13.2 Å². The Morgan fingerprint density at radius 2 is 1.73 bits per heavy atom. The Kier molecular flexibility index (Phi) is 10.7. The Labute approximate surface area is 217 Å². The molecule has 0 atom stereocenters. The number of halogens is 3. The number of anilines is 1. The minimum atomic E-state index is -4.35. The van der Waals surface area contributed by atoms with Gasteiger partial charge in [0.25, 0.3) is 5.56 Å². The monoisotopic (exact) mass is 520 g/mol. The first-order valence-corrected chi connectivity index (χ1v) is 13.2. The van der Waals surface area contributed by atoms with E-state index < -0.39 is 12.8 Å². The van der Waals surface area contributed by atoms with Crippen molar-refractivity contribution in [2.24, 2.45) is 11.8 Å². The highest BCUT2D eigenvalue weighted by atomic mass is 19.4. The van der Waals surface area contributed by atoms with Crippen LogP contribution in [-0.2, 0) is 6.54 Å². The number of alkyl halides is 3. The summed E-state index contributed by atoms with van der Waals surface area (Å²) in [6, 6.07) is 12.4. The Balaban J connectivity index is 0.00000186. The van der Waals surface area contributed by atoms with Crippen LogP contribution < -0.4 is 15.2 Å². The maximum absolute atomic E-state index is 12.5. The number of pyridine rings is 1. The fourth-order valence-corrected chi connectivity index (χ4v) is 5.32. The molecule has 0 spiro atoms.